The lowest BCUT2D eigenvalue weighted by Gasteiger charge is -2.08. The molecule has 0 heterocycles. The Kier molecular flexibility index (Phi) is 9.33. The third-order valence-corrected chi connectivity index (χ3v) is 2.67. The van der Waals surface area contributed by atoms with E-state index in [9.17, 15) is 9.59 Å². The maximum absolute atomic E-state index is 11.4. The molecule has 0 aromatic heterocycles. The van der Waals surface area contributed by atoms with Crippen molar-refractivity contribution < 1.29 is 9.59 Å². The van der Waals surface area contributed by atoms with Crippen molar-refractivity contribution in [3.8, 4) is 0 Å². The quantitative estimate of drug-likeness (QED) is 0.663. The van der Waals surface area contributed by atoms with Crippen molar-refractivity contribution in [1.82, 2.24) is 10.6 Å². The number of carbonyl (C=O) groups excluding carboxylic acids is 2. The molecule has 0 saturated carbocycles. The van der Waals surface area contributed by atoms with Gasteiger partial charge in [-0.3, -0.25) is 9.59 Å². The van der Waals surface area contributed by atoms with E-state index in [-0.39, 0.29) is 24.7 Å². The highest BCUT2D eigenvalue weighted by Gasteiger charge is 2.06. The van der Waals surface area contributed by atoms with Crippen molar-refractivity contribution in [2.75, 3.05) is 13.1 Å². The van der Waals surface area contributed by atoms with Gasteiger partial charge in [0.15, 0.2) is 0 Å². The Morgan fingerprint density at radius 1 is 0.778 bits per heavy atom. The molecule has 0 spiro atoms. The van der Waals surface area contributed by atoms with E-state index in [0.717, 1.165) is 12.8 Å². The number of rotatable bonds is 9. The summed E-state index contributed by atoms with van der Waals surface area (Å²) in [6, 6.07) is 0. The number of hydrogen-bond donors (Lipinski definition) is 2. The molecule has 2 N–H and O–H groups in total. The zero-order valence-electron chi connectivity index (χ0n) is 12.2. The maximum atomic E-state index is 11.4. The van der Waals surface area contributed by atoms with Crippen LogP contribution in [0, 0.1) is 11.8 Å². The Bertz CT molecular complexity index is 224. The van der Waals surface area contributed by atoms with Crippen molar-refractivity contribution in [3.63, 3.8) is 0 Å². The lowest BCUT2D eigenvalue weighted by atomic mass is 10.1. The zero-order chi connectivity index (χ0) is 14.0. The van der Waals surface area contributed by atoms with E-state index in [1.807, 2.05) is 0 Å². The van der Waals surface area contributed by atoms with Crippen molar-refractivity contribution in [1.29, 1.82) is 0 Å². The van der Waals surface area contributed by atoms with Gasteiger partial charge in [0.1, 0.15) is 0 Å². The lowest BCUT2D eigenvalue weighted by Crippen LogP contribution is -2.29. The summed E-state index contributed by atoms with van der Waals surface area (Å²) in [5.74, 6) is 1.11. The Hall–Kier alpha value is -1.06. The monoisotopic (exact) mass is 256 g/mol. The van der Waals surface area contributed by atoms with Crippen LogP contribution in [0.4, 0.5) is 0 Å². The second-order valence-electron chi connectivity index (χ2n) is 5.56. The first-order chi connectivity index (χ1) is 8.41. The number of carbonyl (C=O) groups is 2. The molecule has 2 amide bonds. The van der Waals surface area contributed by atoms with E-state index in [4.69, 9.17) is 0 Å². The summed E-state index contributed by atoms with van der Waals surface area (Å²) in [7, 11) is 0. The highest BCUT2D eigenvalue weighted by molar-refractivity contribution is 5.83. The SMILES string of the molecule is CC(C)CCNC(=O)CCC(=O)NCCC(C)C. The van der Waals surface area contributed by atoms with Crippen molar-refractivity contribution in [2.24, 2.45) is 11.8 Å². The molecule has 4 nitrogen and oxygen atoms in total. The van der Waals surface area contributed by atoms with Gasteiger partial charge < -0.3 is 10.6 Å². The molecule has 4 heteroatoms. The van der Waals surface area contributed by atoms with Gasteiger partial charge in [-0.25, -0.2) is 0 Å². The molecule has 0 aliphatic rings. The molecule has 0 aromatic rings. The van der Waals surface area contributed by atoms with Crippen molar-refractivity contribution in [2.45, 2.75) is 53.4 Å². The van der Waals surface area contributed by atoms with Gasteiger partial charge in [0.2, 0.25) is 11.8 Å². The highest BCUT2D eigenvalue weighted by Crippen LogP contribution is 1.98. The van der Waals surface area contributed by atoms with Gasteiger partial charge in [-0.15, -0.1) is 0 Å². The minimum Gasteiger partial charge on any atom is -0.356 e. The molecule has 106 valence electrons. The van der Waals surface area contributed by atoms with E-state index in [1.165, 1.54) is 0 Å². The van der Waals surface area contributed by atoms with Crippen LogP contribution in [0.3, 0.4) is 0 Å². The van der Waals surface area contributed by atoms with E-state index in [0.29, 0.717) is 24.9 Å². The molecular weight excluding hydrogens is 228 g/mol. The summed E-state index contributed by atoms with van der Waals surface area (Å²) in [4.78, 5) is 22.8. The van der Waals surface area contributed by atoms with Crippen molar-refractivity contribution >= 4 is 11.8 Å². The van der Waals surface area contributed by atoms with E-state index in [2.05, 4.69) is 38.3 Å². The van der Waals surface area contributed by atoms with Crippen LogP contribution < -0.4 is 10.6 Å². The van der Waals surface area contributed by atoms with Crippen LogP contribution in [0.5, 0.6) is 0 Å². The van der Waals surface area contributed by atoms with E-state index >= 15 is 0 Å². The maximum Gasteiger partial charge on any atom is 0.220 e. The van der Waals surface area contributed by atoms with Crippen molar-refractivity contribution in [3.05, 3.63) is 0 Å². The van der Waals surface area contributed by atoms with Crippen LogP contribution in [0.25, 0.3) is 0 Å². The Morgan fingerprint density at radius 3 is 1.39 bits per heavy atom. The fourth-order valence-electron chi connectivity index (χ4n) is 1.40. The molecule has 0 unspecified atom stereocenters. The largest absolute Gasteiger partial charge is 0.356 e. The summed E-state index contributed by atoms with van der Waals surface area (Å²) in [6.07, 6.45) is 2.52. The minimum atomic E-state index is -0.0327. The first kappa shape index (κ1) is 16.9. The molecular formula is C14H28N2O2. The van der Waals surface area contributed by atoms with Gasteiger partial charge in [-0.2, -0.15) is 0 Å². The standard InChI is InChI=1S/C14H28N2O2/c1-11(2)7-9-15-13(17)5-6-14(18)16-10-8-12(3)4/h11-12H,5-10H2,1-4H3,(H,15,17)(H,16,18). The van der Waals surface area contributed by atoms with Crippen LogP contribution in [0.15, 0.2) is 0 Å². The molecule has 0 bridgehead atoms. The molecule has 0 radical (unpaired) electrons. The summed E-state index contributed by atoms with van der Waals surface area (Å²) in [6.45, 7) is 9.88. The summed E-state index contributed by atoms with van der Waals surface area (Å²) >= 11 is 0. The average Bonchev–Trinajstić information content (AvgIpc) is 2.25. The first-order valence-corrected chi connectivity index (χ1v) is 6.95. The molecule has 0 rings (SSSR count). The second-order valence-corrected chi connectivity index (χ2v) is 5.56. The second kappa shape index (κ2) is 9.92. The lowest BCUT2D eigenvalue weighted by molar-refractivity contribution is -0.126. The molecule has 0 aliphatic carbocycles. The smallest absolute Gasteiger partial charge is 0.220 e. The molecule has 0 fully saturated rings. The predicted octanol–water partition coefficient (Wildman–Crippen LogP) is 2.09. The van der Waals surface area contributed by atoms with Crippen LogP contribution in [0.1, 0.15) is 53.4 Å². The van der Waals surface area contributed by atoms with Gasteiger partial charge >= 0.3 is 0 Å². The normalized spacial score (nSPS) is 10.8. The molecule has 0 aromatic carbocycles. The van der Waals surface area contributed by atoms with Gasteiger partial charge in [-0.1, -0.05) is 27.7 Å². The van der Waals surface area contributed by atoms with E-state index in [1.54, 1.807) is 0 Å². The Labute approximate surface area is 111 Å². The average molecular weight is 256 g/mol. The fourth-order valence-corrected chi connectivity index (χ4v) is 1.40. The third-order valence-electron chi connectivity index (χ3n) is 2.67. The molecule has 0 aliphatic heterocycles. The molecule has 0 atom stereocenters. The van der Waals surface area contributed by atoms with Crippen LogP contribution in [-0.4, -0.2) is 24.9 Å². The van der Waals surface area contributed by atoms with Crippen LogP contribution >= 0.6 is 0 Å². The summed E-state index contributed by atoms with van der Waals surface area (Å²) in [5.41, 5.74) is 0. The van der Waals surface area contributed by atoms with Crippen LogP contribution in [0.2, 0.25) is 0 Å². The molecule has 18 heavy (non-hydrogen) atoms. The first-order valence-electron chi connectivity index (χ1n) is 6.95. The highest BCUT2D eigenvalue weighted by atomic mass is 16.2. The Morgan fingerprint density at radius 2 is 1.11 bits per heavy atom. The summed E-state index contributed by atoms with van der Waals surface area (Å²) < 4.78 is 0. The zero-order valence-corrected chi connectivity index (χ0v) is 12.2. The van der Waals surface area contributed by atoms with Gasteiger partial charge in [0.05, 0.1) is 0 Å². The van der Waals surface area contributed by atoms with Gasteiger partial charge in [0.25, 0.3) is 0 Å². The minimum absolute atomic E-state index is 0.0327. The summed E-state index contributed by atoms with van der Waals surface area (Å²) in [5, 5.41) is 5.65. The van der Waals surface area contributed by atoms with Crippen LogP contribution in [-0.2, 0) is 9.59 Å². The fraction of sp³-hybridized carbons (Fsp3) is 0.857. The number of nitrogens with one attached hydrogen (secondary N) is 2. The van der Waals surface area contributed by atoms with Gasteiger partial charge in [-0.05, 0) is 24.7 Å². The van der Waals surface area contributed by atoms with Gasteiger partial charge in [0, 0.05) is 25.9 Å². The number of amides is 2. The molecule has 0 saturated heterocycles. The van der Waals surface area contributed by atoms with E-state index < -0.39 is 0 Å². The third kappa shape index (κ3) is 11.4. The Balaban J connectivity index is 3.50. The topological polar surface area (TPSA) is 58.2 Å². The predicted molar refractivity (Wildman–Crippen MR) is 74.2 cm³/mol. The number of hydrogen-bond acceptors (Lipinski definition) is 2.